The molecule has 0 fully saturated rings. The fraction of sp³-hybridized carbons (Fsp3) is 0.0638. The lowest BCUT2D eigenvalue weighted by molar-refractivity contribution is 0.570. The average molecular weight is 789 g/mol. The maximum Gasteiger partial charge on any atom is 0.310 e. The van der Waals surface area contributed by atoms with Gasteiger partial charge in [-0.3, -0.25) is 0 Å². The highest BCUT2D eigenvalue weighted by Gasteiger charge is 2.35. The highest BCUT2D eigenvalue weighted by molar-refractivity contribution is 9.10. The zero-order chi connectivity index (χ0) is 35.6. The topological polar surface area (TPSA) is 29.5 Å². The monoisotopic (exact) mass is 787 g/mol. The smallest absolute Gasteiger partial charge is 0.310 e. The standard InChI is InChI=1S/C47H35BrNO2PS/c48-38-26-28-39(29-27-38)53-47(37-20-8-3-9-21-37)46(36-18-6-2-7-19-36)49(32-33-14-4-1-5-15-33)52-50-42-30-24-34-16-10-12-22-40(34)44(42)45-41-23-13-11-17-35(41)25-31-43(45)51-52/h1-31,46-47H,32H2. The average Bonchev–Trinajstić information content (AvgIpc) is 3.39. The highest BCUT2D eigenvalue weighted by atomic mass is 79.9. The maximum absolute atomic E-state index is 7.34. The Kier molecular flexibility index (Phi) is 9.65. The van der Waals surface area contributed by atoms with E-state index < -0.39 is 8.16 Å². The summed E-state index contributed by atoms with van der Waals surface area (Å²) in [5, 5.41) is 6.74. The van der Waals surface area contributed by atoms with E-state index in [2.05, 4.69) is 209 Å². The number of hydrogen-bond donors (Lipinski definition) is 0. The van der Waals surface area contributed by atoms with Crippen LogP contribution in [-0.4, -0.2) is 0 Å². The summed E-state index contributed by atoms with van der Waals surface area (Å²) in [7, 11) is -1.72. The van der Waals surface area contributed by atoms with Gasteiger partial charge in [0.25, 0.3) is 0 Å². The quantitative estimate of drug-likeness (QED) is 0.136. The Morgan fingerprint density at radius 2 is 1.00 bits per heavy atom. The largest absolute Gasteiger partial charge is 0.408 e. The van der Waals surface area contributed by atoms with Crippen LogP contribution in [-0.2, 0) is 6.54 Å². The van der Waals surface area contributed by atoms with Gasteiger partial charge in [0.1, 0.15) is 11.2 Å². The number of fused-ring (bicyclic) bond motifs is 7. The van der Waals surface area contributed by atoms with Gasteiger partial charge in [-0.05, 0) is 74.6 Å². The molecular weight excluding hydrogens is 753 g/mol. The second-order valence-electron chi connectivity index (χ2n) is 13.1. The van der Waals surface area contributed by atoms with E-state index in [1.807, 2.05) is 11.8 Å². The molecule has 0 bridgehead atoms. The van der Waals surface area contributed by atoms with E-state index in [1.54, 1.807) is 0 Å². The van der Waals surface area contributed by atoms with Crippen molar-refractivity contribution in [2.24, 2.45) is 0 Å². The number of rotatable bonds is 9. The van der Waals surface area contributed by atoms with Crippen molar-refractivity contribution in [3.63, 3.8) is 0 Å². The first-order valence-corrected chi connectivity index (χ1v) is 20.5. The van der Waals surface area contributed by atoms with E-state index in [9.17, 15) is 0 Å². The fourth-order valence-electron chi connectivity index (χ4n) is 7.26. The summed E-state index contributed by atoms with van der Waals surface area (Å²) < 4.78 is 18.2. The SMILES string of the molecule is Brc1ccc(SC(c2ccccc2)C(c2ccccc2)N(Cc2ccccc2)p2oc3ccc4ccccc4c3c3c(ccc4ccccc43)o2)cc1. The molecule has 1 aromatic heterocycles. The Morgan fingerprint density at radius 3 is 1.57 bits per heavy atom. The normalized spacial score (nSPS) is 12.8. The molecule has 0 aliphatic heterocycles. The molecule has 0 aliphatic carbocycles. The lowest BCUT2D eigenvalue weighted by Crippen LogP contribution is -2.29. The minimum Gasteiger partial charge on any atom is -0.408 e. The van der Waals surface area contributed by atoms with Gasteiger partial charge >= 0.3 is 8.16 Å². The number of halogens is 1. The summed E-state index contributed by atoms with van der Waals surface area (Å²) >= 11 is 5.52. The molecule has 8 aromatic carbocycles. The molecule has 53 heavy (non-hydrogen) atoms. The summed E-state index contributed by atoms with van der Waals surface area (Å²) in [5.74, 6) is 0. The van der Waals surface area contributed by atoms with Crippen molar-refractivity contribution in [1.29, 1.82) is 0 Å². The predicted octanol–water partition coefficient (Wildman–Crippen LogP) is 14.8. The van der Waals surface area contributed by atoms with E-state index in [1.165, 1.54) is 32.4 Å². The summed E-state index contributed by atoms with van der Waals surface area (Å²) in [6.07, 6.45) is 0. The molecule has 0 saturated carbocycles. The Morgan fingerprint density at radius 1 is 0.509 bits per heavy atom. The number of benzene rings is 8. The van der Waals surface area contributed by atoms with Crippen molar-refractivity contribution in [1.82, 2.24) is 0 Å². The Hall–Kier alpha value is -5.03. The third-order valence-corrected chi connectivity index (χ3v) is 13.1. The fourth-order valence-corrected chi connectivity index (χ4v) is 10.6. The maximum atomic E-state index is 7.34. The third kappa shape index (κ3) is 6.94. The number of nitrogens with zero attached hydrogens (tertiary/aromatic N) is 1. The molecule has 1 heterocycles. The van der Waals surface area contributed by atoms with Crippen molar-refractivity contribution in [2.75, 3.05) is 4.67 Å². The number of hydrogen-bond acceptors (Lipinski definition) is 4. The van der Waals surface area contributed by atoms with E-state index >= 15 is 0 Å². The van der Waals surface area contributed by atoms with Gasteiger partial charge in [-0.1, -0.05) is 168 Å². The molecule has 0 amide bonds. The van der Waals surface area contributed by atoms with Crippen molar-refractivity contribution in [2.45, 2.75) is 22.7 Å². The molecule has 2 atom stereocenters. The molecule has 0 N–H and O–H groups in total. The van der Waals surface area contributed by atoms with Crippen molar-refractivity contribution >= 4 is 79.3 Å². The van der Waals surface area contributed by atoms with E-state index in [0.717, 1.165) is 37.2 Å². The third-order valence-electron chi connectivity index (χ3n) is 9.74. The van der Waals surface area contributed by atoms with Gasteiger partial charge in [-0.15, -0.1) is 11.8 Å². The first-order valence-electron chi connectivity index (χ1n) is 17.7. The van der Waals surface area contributed by atoms with Gasteiger partial charge in [0.05, 0.1) is 11.3 Å². The van der Waals surface area contributed by atoms with Gasteiger partial charge in [0.2, 0.25) is 0 Å². The molecule has 0 spiro atoms. The predicted molar refractivity (Wildman–Crippen MR) is 228 cm³/mol. The zero-order valence-corrected chi connectivity index (χ0v) is 32.1. The molecule has 9 aromatic rings. The lowest BCUT2D eigenvalue weighted by Gasteiger charge is -2.35. The van der Waals surface area contributed by atoms with Crippen molar-refractivity contribution in [3.8, 4) is 0 Å². The highest BCUT2D eigenvalue weighted by Crippen LogP contribution is 2.53. The van der Waals surface area contributed by atoms with Gasteiger partial charge in [0.15, 0.2) is 0 Å². The second-order valence-corrected chi connectivity index (χ2v) is 16.6. The van der Waals surface area contributed by atoms with Crippen LogP contribution in [0.5, 0.6) is 0 Å². The van der Waals surface area contributed by atoms with E-state index in [0.29, 0.717) is 6.54 Å². The van der Waals surface area contributed by atoms with Crippen LogP contribution in [0.4, 0.5) is 0 Å². The molecule has 0 aliphatic rings. The van der Waals surface area contributed by atoms with Crippen LogP contribution >= 0.6 is 35.9 Å². The molecule has 0 radical (unpaired) electrons. The molecule has 6 heteroatoms. The molecule has 3 nitrogen and oxygen atoms in total. The Labute approximate surface area is 322 Å². The molecule has 2 unspecified atom stereocenters. The number of thioether (sulfide) groups is 1. The van der Waals surface area contributed by atoms with Gasteiger partial charge < -0.3 is 8.39 Å². The summed E-state index contributed by atoms with van der Waals surface area (Å²) in [6, 6.07) is 66.7. The van der Waals surface area contributed by atoms with E-state index in [4.69, 9.17) is 8.39 Å². The first-order chi connectivity index (χ1) is 26.2. The minimum absolute atomic E-state index is 0.0198. The summed E-state index contributed by atoms with van der Waals surface area (Å²) in [6.45, 7) is 0.613. The molecule has 0 saturated heterocycles. The molecular formula is C47H35BrNO2PS. The zero-order valence-electron chi connectivity index (χ0n) is 28.8. The van der Waals surface area contributed by atoms with Crippen LogP contribution in [0.3, 0.4) is 0 Å². The van der Waals surface area contributed by atoms with Gasteiger partial charge in [-0.2, -0.15) is 4.67 Å². The van der Waals surface area contributed by atoms with Crippen molar-refractivity contribution in [3.05, 3.63) is 209 Å². The van der Waals surface area contributed by atoms with Crippen LogP contribution in [0.25, 0.3) is 43.5 Å². The second kappa shape index (κ2) is 15.1. The van der Waals surface area contributed by atoms with Crippen LogP contribution in [0, 0.1) is 0 Å². The van der Waals surface area contributed by atoms with Crippen molar-refractivity contribution < 1.29 is 8.39 Å². The van der Waals surface area contributed by atoms with E-state index in [-0.39, 0.29) is 11.3 Å². The summed E-state index contributed by atoms with van der Waals surface area (Å²) in [5.41, 5.74) is 5.26. The molecule has 9 rings (SSSR count). The van der Waals surface area contributed by atoms with Crippen LogP contribution in [0.2, 0.25) is 0 Å². The van der Waals surface area contributed by atoms with Gasteiger partial charge in [-0.25, -0.2) is 0 Å². The Balaban J connectivity index is 1.37. The van der Waals surface area contributed by atoms with Crippen LogP contribution in [0.15, 0.2) is 206 Å². The lowest BCUT2D eigenvalue weighted by atomic mass is 9.97. The summed E-state index contributed by atoms with van der Waals surface area (Å²) in [4.78, 5) is 1.19. The minimum atomic E-state index is -1.72. The van der Waals surface area contributed by atoms with Crippen LogP contribution in [0.1, 0.15) is 28.0 Å². The Bertz CT molecular complexity index is 2610. The van der Waals surface area contributed by atoms with Crippen LogP contribution < -0.4 is 4.67 Å². The first kappa shape index (κ1) is 33.8. The van der Waals surface area contributed by atoms with Gasteiger partial charge in [0, 0.05) is 26.7 Å². The molecule has 258 valence electrons.